The van der Waals surface area contributed by atoms with Gasteiger partial charge in [0.25, 0.3) is 0 Å². The quantitative estimate of drug-likeness (QED) is 0.486. The lowest BCUT2D eigenvalue weighted by Crippen LogP contribution is -2.22. The van der Waals surface area contributed by atoms with Crippen molar-refractivity contribution in [2.45, 2.75) is 52.1 Å². The van der Waals surface area contributed by atoms with E-state index in [0.717, 1.165) is 43.6 Å². The van der Waals surface area contributed by atoms with E-state index < -0.39 is 17.5 Å². The highest BCUT2D eigenvalue weighted by molar-refractivity contribution is 5.92. The topological polar surface area (TPSA) is 52.6 Å². The molecule has 0 heterocycles. The molecule has 22 heavy (non-hydrogen) atoms. The smallest absolute Gasteiger partial charge is 0.343 e. The van der Waals surface area contributed by atoms with Crippen molar-refractivity contribution in [2.75, 3.05) is 0 Å². The Hall–Kier alpha value is -2.10. The molecule has 1 aromatic rings. The minimum atomic E-state index is -0.566. The van der Waals surface area contributed by atoms with Crippen LogP contribution in [-0.4, -0.2) is 17.5 Å². The Morgan fingerprint density at radius 2 is 1.86 bits per heavy atom. The fraction of sp³-hybridized carbons (Fsp3) is 0.444. The zero-order valence-electron chi connectivity index (χ0n) is 13.3. The average molecular weight is 302 g/mol. The summed E-state index contributed by atoms with van der Waals surface area (Å²) >= 11 is 0. The fourth-order valence-electron chi connectivity index (χ4n) is 2.52. The number of aryl methyl sites for hydroxylation is 1. The molecule has 0 unspecified atom stereocenters. The molecule has 0 bridgehead atoms. The van der Waals surface area contributed by atoms with Crippen LogP contribution in [0.5, 0.6) is 0 Å². The fourth-order valence-corrected chi connectivity index (χ4v) is 2.52. The van der Waals surface area contributed by atoms with Crippen LogP contribution in [0.1, 0.15) is 55.1 Å². The normalized spacial score (nSPS) is 14.5. The highest BCUT2D eigenvalue weighted by Crippen LogP contribution is 2.25. The largest absolute Gasteiger partial charge is 0.457 e. The summed E-state index contributed by atoms with van der Waals surface area (Å²) in [6, 6.07) is 5.70. The van der Waals surface area contributed by atoms with E-state index in [4.69, 9.17) is 9.47 Å². The van der Waals surface area contributed by atoms with Crippen LogP contribution in [0.25, 0.3) is 0 Å². The molecule has 4 nitrogen and oxygen atoms in total. The lowest BCUT2D eigenvalue weighted by Gasteiger charge is -2.18. The Kier molecular flexibility index (Phi) is 5.01. The molecular weight excluding hydrogens is 280 g/mol. The number of ether oxygens (including phenoxy) is 2. The molecule has 0 aromatic heterocycles. The van der Waals surface area contributed by atoms with Crippen molar-refractivity contribution in [1.29, 1.82) is 0 Å². The van der Waals surface area contributed by atoms with Gasteiger partial charge in [-0.1, -0.05) is 12.1 Å². The summed E-state index contributed by atoms with van der Waals surface area (Å²) in [5, 5.41) is 0. The molecule has 0 atom stereocenters. The van der Waals surface area contributed by atoms with E-state index in [1.54, 1.807) is 26.8 Å². The van der Waals surface area contributed by atoms with Crippen LogP contribution >= 0.6 is 0 Å². The second-order valence-electron chi connectivity index (χ2n) is 6.39. The van der Waals surface area contributed by atoms with E-state index in [-0.39, 0.29) is 0 Å². The summed E-state index contributed by atoms with van der Waals surface area (Å²) in [4.78, 5) is 23.7. The van der Waals surface area contributed by atoms with Crippen molar-refractivity contribution in [3.63, 3.8) is 0 Å². The maximum atomic E-state index is 12.2. The molecule has 1 aliphatic carbocycles. The van der Waals surface area contributed by atoms with Crippen molar-refractivity contribution in [1.82, 2.24) is 0 Å². The lowest BCUT2D eigenvalue weighted by molar-refractivity contribution is -0.148. The molecule has 0 aliphatic heterocycles. The van der Waals surface area contributed by atoms with Crippen molar-refractivity contribution < 1.29 is 19.1 Å². The van der Waals surface area contributed by atoms with Gasteiger partial charge in [0.15, 0.2) is 0 Å². The maximum absolute atomic E-state index is 12.2. The standard InChI is InChI=1S/C18H22O4/c1-18(2,3)22-16(19)11-12-21-17(20)15-10-6-8-13-7-4-5-9-14(13)15/h6,8,10-12H,4-5,7,9H2,1-3H3/b12-11+. The number of hydrogen-bond donors (Lipinski definition) is 0. The zero-order valence-corrected chi connectivity index (χ0v) is 13.3. The Morgan fingerprint density at radius 3 is 2.59 bits per heavy atom. The van der Waals surface area contributed by atoms with Crippen LogP contribution in [0.3, 0.4) is 0 Å². The second kappa shape index (κ2) is 6.77. The third-order valence-electron chi connectivity index (χ3n) is 3.40. The molecule has 0 N–H and O–H groups in total. The lowest BCUT2D eigenvalue weighted by atomic mass is 9.88. The number of carbonyl (C=O) groups is 2. The molecule has 0 spiro atoms. The molecule has 0 fully saturated rings. The molecule has 118 valence electrons. The van der Waals surface area contributed by atoms with Gasteiger partial charge >= 0.3 is 11.9 Å². The summed E-state index contributed by atoms with van der Waals surface area (Å²) in [7, 11) is 0. The zero-order chi connectivity index (χ0) is 16.2. The van der Waals surface area contributed by atoms with Crippen molar-refractivity contribution in [2.24, 2.45) is 0 Å². The summed E-state index contributed by atoms with van der Waals surface area (Å²) in [5.41, 5.74) is 2.32. The maximum Gasteiger partial charge on any atom is 0.343 e. The SMILES string of the molecule is CC(C)(C)OC(=O)/C=C/OC(=O)c1cccc2c1CCCC2. The predicted molar refractivity (Wildman–Crippen MR) is 83.5 cm³/mol. The first-order valence-electron chi connectivity index (χ1n) is 7.58. The third kappa shape index (κ3) is 4.45. The minimum Gasteiger partial charge on any atom is -0.457 e. The van der Waals surface area contributed by atoms with Crippen LogP contribution < -0.4 is 0 Å². The molecule has 0 radical (unpaired) electrons. The first-order valence-corrected chi connectivity index (χ1v) is 7.58. The monoisotopic (exact) mass is 302 g/mol. The van der Waals surface area contributed by atoms with Crippen LogP contribution in [0.4, 0.5) is 0 Å². The number of benzene rings is 1. The molecule has 2 rings (SSSR count). The van der Waals surface area contributed by atoms with E-state index in [9.17, 15) is 9.59 Å². The molecule has 0 amide bonds. The number of carbonyl (C=O) groups excluding carboxylic acids is 2. The van der Waals surface area contributed by atoms with Crippen molar-refractivity contribution >= 4 is 11.9 Å². The second-order valence-corrected chi connectivity index (χ2v) is 6.39. The number of rotatable bonds is 3. The summed E-state index contributed by atoms with van der Waals surface area (Å²) in [5.74, 6) is -0.964. The molecule has 1 aromatic carbocycles. The van der Waals surface area contributed by atoms with Gasteiger partial charge in [-0.05, 0) is 63.6 Å². The van der Waals surface area contributed by atoms with Crippen LogP contribution in [0.15, 0.2) is 30.5 Å². The van der Waals surface area contributed by atoms with E-state index in [0.29, 0.717) is 5.56 Å². The molecular formula is C18H22O4. The van der Waals surface area contributed by atoms with Gasteiger partial charge in [-0.15, -0.1) is 0 Å². The molecule has 0 saturated carbocycles. The Balaban J connectivity index is 2.00. The van der Waals surface area contributed by atoms with Gasteiger partial charge < -0.3 is 9.47 Å². The Bertz CT molecular complexity index is 594. The van der Waals surface area contributed by atoms with Crippen molar-refractivity contribution in [3.05, 3.63) is 47.2 Å². The van der Waals surface area contributed by atoms with Crippen LogP contribution in [-0.2, 0) is 27.1 Å². The Morgan fingerprint density at radius 1 is 1.14 bits per heavy atom. The number of hydrogen-bond acceptors (Lipinski definition) is 4. The molecule has 0 saturated heterocycles. The number of esters is 2. The first kappa shape index (κ1) is 16.3. The van der Waals surface area contributed by atoms with Crippen LogP contribution in [0.2, 0.25) is 0 Å². The summed E-state index contributed by atoms with van der Waals surface area (Å²) in [6.45, 7) is 5.34. The Labute approximate surface area is 131 Å². The van der Waals surface area contributed by atoms with Gasteiger partial charge in [0.1, 0.15) is 11.9 Å². The van der Waals surface area contributed by atoms with Gasteiger partial charge in [0, 0.05) is 0 Å². The molecule has 4 heteroatoms. The van der Waals surface area contributed by atoms with Gasteiger partial charge in [-0.25, -0.2) is 9.59 Å². The van der Waals surface area contributed by atoms with Gasteiger partial charge in [0.2, 0.25) is 0 Å². The summed E-state index contributed by atoms with van der Waals surface area (Å²) in [6.07, 6.45) is 6.37. The highest BCUT2D eigenvalue weighted by Gasteiger charge is 2.18. The minimum absolute atomic E-state index is 0.432. The van der Waals surface area contributed by atoms with Gasteiger partial charge in [-0.3, -0.25) is 0 Å². The predicted octanol–water partition coefficient (Wildman–Crippen LogP) is 3.58. The van der Waals surface area contributed by atoms with E-state index in [2.05, 4.69) is 6.07 Å². The van der Waals surface area contributed by atoms with E-state index in [1.165, 1.54) is 5.56 Å². The van der Waals surface area contributed by atoms with E-state index in [1.807, 2.05) is 6.07 Å². The highest BCUT2D eigenvalue weighted by atomic mass is 16.6. The third-order valence-corrected chi connectivity index (χ3v) is 3.40. The summed E-state index contributed by atoms with van der Waals surface area (Å²) < 4.78 is 10.2. The first-order chi connectivity index (χ1) is 10.4. The molecule has 1 aliphatic rings. The van der Waals surface area contributed by atoms with Gasteiger partial charge in [-0.2, -0.15) is 0 Å². The van der Waals surface area contributed by atoms with Crippen molar-refractivity contribution in [3.8, 4) is 0 Å². The van der Waals surface area contributed by atoms with Crippen LogP contribution in [0, 0.1) is 0 Å². The van der Waals surface area contributed by atoms with Gasteiger partial charge in [0.05, 0.1) is 11.6 Å². The number of fused-ring (bicyclic) bond motifs is 1. The average Bonchev–Trinajstić information content (AvgIpc) is 2.44. The van der Waals surface area contributed by atoms with E-state index >= 15 is 0 Å².